The summed E-state index contributed by atoms with van der Waals surface area (Å²) >= 11 is 11.6. The van der Waals surface area contributed by atoms with Gasteiger partial charge in [0.2, 0.25) is 0 Å². The average Bonchev–Trinajstić information content (AvgIpc) is 1.67. The SMILES string of the molecule is C[Si](C)(I)C([Si](C)(C)I)([Si](C)(C)I)[Si](C)(C)I. The lowest BCUT2D eigenvalue weighted by atomic mass is 11.7. The quantitative estimate of drug-likeness (QED) is 0.167. The maximum Gasteiger partial charge on any atom is 0.120 e. The van der Waals surface area contributed by atoms with Gasteiger partial charge in [-0.1, -0.05) is 52.4 Å². The zero-order valence-electron chi connectivity index (χ0n) is 12.0. The van der Waals surface area contributed by atoms with Gasteiger partial charge in [-0.15, -0.1) is 87.2 Å². The standard InChI is InChI=1S/C9H24I4Si4/c1-14(2,10)9(15(3,4)11,16(5,6)12)17(7,8)13/h1-8H3. The number of rotatable bonds is 4. The van der Waals surface area contributed by atoms with E-state index in [-0.39, 0.29) is 0 Å². The smallest absolute Gasteiger partial charge is 0.119 e. The molecule has 0 unspecified atom stereocenters. The van der Waals surface area contributed by atoms with Crippen molar-refractivity contribution in [2.24, 2.45) is 0 Å². The van der Waals surface area contributed by atoms with Crippen LogP contribution in [0.2, 0.25) is 56.3 Å². The van der Waals surface area contributed by atoms with Crippen LogP contribution in [0.4, 0.5) is 0 Å². The summed E-state index contributed by atoms with van der Waals surface area (Å²) in [5.74, 6) is 0. The van der Waals surface area contributed by atoms with E-state index in [2.05, 4.69) is 140 Å². The van der Waals surface area contributed by atoms with Crippen molar-refractivity contribution in [3.05, 3.63) is 0 Å². The lowest BCUT2D eigenvalue weighted by molar-refractivity contribution is 1.32. The Labute approximate surface area is 163 Å². The lowest BCUT2D eigenvalue weighted by Crippen LogP contribution is -2.71. The molecule has 0 atom stereocenters. The molecular weight excluding hydrogens is 728 g/mol. The summed E-state index contributed by atoms with van der Waals surface area (Å²) < 4.78 is 0.752. The third kappa shape index (κ3) is 3.95. The fourth-order valence-corrected chi connectivity index (χ4v) is 139. The molecule has 0 aromatic carbocycles. The van der Waals surface area contributed by atoms with Gasteiger partial charge >= 0.3 is 0 Å². The summed E-state index contributed by atoms with van der Waals surface area (Å²) in [7, 11) is 0. The summed E-state index contributed by atoms with van der Waals surface area (Å²) in [5.41, 5.74) is -4.84. The third-order valence-corrected chi connectivity index (χ3v) is 61.2. The Bertz CT molecular complexity index is 218. The molecule has 104 valence electrons. The van der Waals surface area contributed by atoms with Crippen molar-refractivity contribution >= 4 is 109 Å². The van der Waals surface area contributed by atoms with Crippen molar-refractivity contribution in [3.8, 4) is 0 Å². The van der Waals surface area contributed by atoms with E-state index < -0.39 is 22.3 Å². The first-order valence-electron chi connectivity index (χ1n) is 5.76. The molecule has 0 bridgehead atoms. The van der Waals surface area contributed by atoms with E-state index in [4.69, 9.17) is 0 Å². The van der Waals surface area contributed by atoms with Crippen LogP contribution in [0.5, 0.6) is 0 Å². The first-order valence-corrected chi connectivity index (χ1v) is 30.2. The number of hydrogen-bond donors (Lipinski definition) is 0. The van der Waals surface area contributed by atoms with Gasteiger partial charge in [0.25, 0.3) is 0 Å². The molecule has 0 fully saturated rings. The van der Waals surface area contributed by atoms with Gasteiger partial charge in [0.1, 0.15) is 22.3 Å². The Morgan fingerprint density at radius 1 is 0.471 bits per heavy atom. The first-order chi connectivity index (χ1) is 7.00. The fraction of sp³-hybridized carbons (Fsp3) is 1.00. The van der Waals surface area contributed by atoms with Crippen molar-refractivity contribution in [2.45, 2.75) is 56.3 Å². The number of hydrogen-bond acceptors (Lipinski definition) is 0. The molecule has 0 N–H and O–H groups in total. The van der Waals surface area contributed by atoms with Gasteiger partial charge in [0.05, 0.1) is 0 Å². The van der Waals surface area contributed by atoms with E-state index in [1.165, 1.54) is 0 Å². The van der Waals surface area contributed by atoms with Gasteiger partial charge in [0.15, 0.2) is 0 Å². The molecule has 0 nitrogen and oxygen atoms in total. The predicted molar refractivity (Wildman–Crippen MR) is 129 cm³/mol. The monoisotopic (exact) mass is 752 g/mol. The van der Waals surface area contributed by atoms with Gasteiger partial charge in [0, 0.05) is 0 Å². The van der Waals surface area contributed by atoms with E-state index in [9.17, 15) is 0 Å². The van der Waals surface area contributed by atoms with Gasteiger partial charge in [-0.2, -0.15) is 0 Å². The second kappa shape index (κ2) is 6.12. The summed E-state index contributed by atoms with van der Waals surface area (Å²) in [5, 5.41) is 0. The minimum Gasteiger partial charge on any atom is -0.119 e. The molecule has 17 heavy (non-hydrogen) atoms. The molecule has 0 spiro atoms. The Morgan fingerprint density at radius 2 is 0.588 bits per heavy atom. The molecule has 0 aliphatic rings. The van der Waals surface area contributed by atoms with E-state index in [1.54, 1.807) is 0 Å². The molecule has 0 aliphatic heterocycles. The van der Waals surface area contributed by atoms with Crippen molar-refractivity contribution in [1.29, 1.82) is 0 Å². The zero-order chi connectivity index (χ0) is 14.5. The van der Waals surface area contributed by atoms with E-state index in [1.807, 2.05) is 0 Å². The van der Waals surface area contributed by atoms with Crippen molar-refractivity contribution < 1.29 is 0 Å². The Balaban J connectivity index is 6.37. The summed E-state index contributed by atoms with van der Waals surface area (Å²) in [4.78, 5) is 0. The van der Waals surface area contributed by atoms with Crippen LogP contribution in [-0.4, -0.2) is 22.3 Å². The van der Waals surface area contributed by atoms with Crippen molar-refractivity contribution in [3.63, 3.8) is 0 Å². The lowest BCUT2D eigenvalue weighted by Gasteiger charge is -2.61. The van der Waals surface area contributed by atoms with Crippen LogP contribution in [0.15, 0.2) is 0 Å². The topological polar surface area (TPSA) is 0 Å². The van der Waals surface area contributed by atoms with Crippen LogP contribution in [0.25, 0.3) is 0 Å². The van der Waals surface area contributed by atoms with Crippen LogP contribution in [0.3, 0.4) is 0 Å². The Hall–Kier alpha value is 3.79. The molecule has 0 aliphatic carbocycles. The summed E-state index contributed by atoms with van der Waals surface area (Å²) in [6, 6.07) is 0. The first kappa shape index (κ1) is 20.8. The minimum absolute atomic E-state index is 0.752. The Kier molecular flexibility index (Phi) is 7.48. The van der Waals surface area contributed by atoms with Crippen molar-refractivity contribution in [2.75, 3.05) is 0 Å². The van der Waals surface area contributed by atoms with Gasteiger partial charge in [-0.05, 0) is 3.91 Å². The third-order valence-electron chi connectivity index (χ3n) is 3.57. The fourth-order valence-electron chi connectivity index (χ4n) is 4.24. The highest BCUT2D eigenvalue weighted by Gasteiger charge is 2.70. The molecule has 8 heteroatoms. The van der Waals surface area contributed by atoms with Gasteiger partial charge < -0.3 is 0 Å². The van der Waals surface area contributed by atoms with Gasteiger partial charge in [-0.3, -0.25) is 0 Å². The van der Waals surface area contributed by atoms with Crippen molar-refractivity contribution in [1.82, 2.24) is 0 Å². The maximum atomic E-state index is 2.90. The largest absolute Gasteiger partial charge is 0.120 e. The minimum atomic E-state index is -1.21. The molecule has 0 heterocycles. The highest BCUT2D eigenvalue weighted by molar-refractivity contribution is 14.2. The van der Waals surface area contributed by atoms with E-state index in [0.717, 1.165) is 3.91 Å². The molecule has 0 radical (unpaired) electrons. The molecule has 0 rings (SSSR count). The maximum absolute atomic E-state index is 2.90. The highest BCUT2D eigenvalue weighted by atomic mass is 127. The molecule has 0 amide bonds. The zero-order valence-corrected chi connectivity index (χ0v) is 24.6. The van der Waals surface area contributed by atoms with E-state index >= 15 is 0 Å². The summed E-state index contributed by atoms with van der Waals surface area (Å²) in [6.07, 6.45) is 0. The van der Waals surface area contributed by atoms with Gasteiger partial charge in [-0.25, -0.2) is 0 Å². The van der Waals surface area contributed by atoms with Crippen LogP contribution >= 0.6 is 87.2 Å². The second-order valence-electron chi connectivity index (χ2n) is 6.64. The molecule has 0 aromatic heterocycles. The molecule has 0 saturated heterocycles. The highest BCUT2D eigenvalue weighted by Crippen LogP contribution is 2.66. The van der Waals surface area contributed by atoms with Crippen LogP contribution in [0, 0.1) is 0 Å². The summed E-state index contributed by atoms with van der Waals surface area (Å²) in [6.45, 7) is 21.0. The molecular formula is C9H24I4Si4. The number of halogens is 4. The second-order valence-corrected chi connectivity index (χ2v) is 56.8. The molecule has 0 aromatic rings. The predicted octanol–water partition coefficient (Wildman–Crippen LogP) is 6.90. The van der Waals surface area contributed by atoms with Crippen LogP contribution < -0.4 is 0 Å². The Morgan fingerprint density at radius 3 is 0.588 bits per heavy atom. The van der Waals surface area contributed by atoms with Crippen LogP contribution in [-0.2, 0) is 0 Å². The molecule has 0 saturated carbocycles. The average molecular weight is 752 g/mol. The van der Waals surface area contributed by atoms with Crippen LogP contribution in [0.1, 0.15) is 0 Å². The normalized spacial score (nSPS) is 16.2. The van der Waals surface area contributed by atoms with E-state index in [0.29, 0.717) is 0 Å².